The van der Waals surface area contributed by atoms with Crippen molar-refractivity contribution in [3.8, 4) is 0 Å². The van der Waals surface area contributed by atoms with Gasteiger partial charge in [-0.25, -0.2) is 0 Å². The van der Waals surface area contributed by atoms with E-state index in [0.717, 1.165) is 29.8 Å². The molecule has 0 fully saturated rings. The van der Waals surface area contributed by atoms with E-state index >= 15 is 0 Å². The van der Waals surface area contributed by atoms with Gasteiger partial charge in [0.05, 0.1) is 11.1 Å². The Labute approximate surface area is 147 Å². The Hall–Kier alpha value is -2.06. The molecule has 0 aliphatic carbocycles. The highest BCUT2D eigenvalue weighted by molar-refractivity contribution is 5.27. The molecule has 0 aliphatic heterocycles. The molecule has 0 bridgehead atoms. The van der Waals surface area contributed by atoms with Crippen LogP contribution in [0.15, 0.2) is 48.5 Å². The van der Waals surface area contributed by atoms with Gasteiger partial charge in [-0.05, 0) is 55.3 Å². The van der Waals surface area contributed by atoms with Gasteiger partial charge >= 0.3 is 12.4 Å². The second-order valence-electron chi connectivity index (χ2n) is 5.65. The molecule has 0 spiro atoms. The first kappa shape index (κ1) is 22.0. The number of halogens is 6. The molecule has 144 valence electrons. The standard InChI is InChI=1S/2C9H10F3N/c1-6(13)7-3-2-4-8(5-7)9(10,11)12;10-9(11,12)8-3-1-7(2-4-8)5-6-13/h2-6H,13H2,1H3;1-4H,5-6,13H2. The van der Waals surface area contributed by atoms with Crippen molar-refractivity contribution in [1.29, 1.82) is 0 Å². The Morgan fingerprint density at radius 2 is 1.38 bits per heavy atom. The average Bonchev–Trinajstić information content (AvgIpc) is 2.55. The maximum absolute atomic E-state index is 12.2. The van der Waals surface area contributed by atoms with E-state index in [4.69, 9.17) is 11.5 Å². The van der Waals surface area contributed by atoms with Crippen LogP contribution in [0, 0.1) is 0 Å². The summed E-state index contributed by atoms with van der Waals surface area (Å²) in [6.45, 7) is 2.10. The fourth-order valence-electron chi connectivity index (χ4n) is 2.03. The smallest absolute Gasteiger partial charge is 0.330 e. The molecule has 0 amide bonds. The molecule has 0 saturated carbocycles. The van der Waals surface area contributed by atoms with E-state index in [1.807, 2.05) is 0 Å². The third-order valence-electron chi connectivity index (χ3n) is 3.45. The summed E-state index contributed by atoms with van der Waals surface area (Å²) in [6.07, 6.45) is -7.93. The van der Waals surface area contributed by atoms with Crippen molar-refractivity contribution in [1.82, 2.24) is 0 Å². The molecule has 8 heteroatoms. The van der Waals surface area contributed by atoms with E-state index in [-0.39, 0.29) is 6.04 Å². The largest absolute Gasteiger partial charge is 0.416 e. The summed E-state index contributed by atoms with van der Waals surface area (Å²) in [4.78, 5) is 0. The van der Waals surface area contributed by atoms with Gasteiger partial charge in [0.2, 0.25) is 0 Å². The van der Waals surface area contributed by atoms with Crippen LogP contribution >= 0.6 is 0 Å². The molecular weight excluding hydrogens is 358 g/mol. The zero-order valence-electron chi connectivity index (χ0n) is 14.0. The van der Waals surface area contributed by atoms with Crippen molar-refractivity contribution >= 4 is 0 Å². The first-order valence-corrected chi connectivity index (χ1v) is 7.74. The highest BCUT2D eigenvalue weighted by Crippen LogP contribution is 2.30. The Morgan fingerprint density at radius 1 is 0.846 bits per heavy atom. The fourth-order valence-corrected chi connectivity index (χ4v) is 2.03. The molecule has 0 aliphatic rings. The molecule has 2 aromatic rings. The van der Waals surface area contributed by atoms with Crippen molar-refractivity contribution in [3.63, 3.8) is 0 Å². The normalized spacial score (nSPS) is 13.0. The zero-order chi connectivity index (χ0) is 20.0. The second kappa shape index (κ2) is 9.05. The molecule has 0 radical (unpaired) electrons. The van der Waals surface area contributed by atoms with Gasteiger partial charge in [-0.1, -0.05) is 24.3 Å². The lowest BCUT2D eigenvalue weighted by Crippen LogP contribution is -2.09. The number of rotatable bonds is 3. The number of benzene rings is 2. The van der Waals surface area contributed by atoms with Gasteiger partial charge in [-0.2, -0.15) is 26.3 Å². The van der Waals surface area contributed by atoms with Crippen molar-refractivity contribution < 1.29 is 26.3 Å². The van der Waals surface area contributed by atoms with Crippen molar-refractivity contribution in [3.05, 3.63) is 70.8 Å². The Balaban J connectivity index is 0.000000260. The molecule has 1 atom stereocenters. The third kappa shape index (κ3) is 7.05. The van der Waals surface area contributed by atoms with Crippen LogP contribution in [0.2, 0.25) is 0 Å². The van der Waals surface area contributed by atoms with Gasteiger partial charge in [0.1, 0.15) is 0 Å². The predicted molar refractivity (Wildman–Crippen MR) is 88.2 cm³/mol. The summed E-state index contributed by atoms with van der Waals surface area (Å²) in [7, 11) is 0. The first-order chi connectivity index (χ1) is 11.9. The van der Waals surface area contributed by atoms with Gasteiger partial charge in [0.25, 0.3) is 0 Å². The van der Waals surface area contributed by atoms with E-state index in [9.17, 15) is 26.3 Å². The summed E-state index contributed by atoms with van der Waals surface area (Å²) in [5, 5.41) is 0. The van der Waals surface area contributed by atoms with E-state index in [1.165, 1.54) is 18.2 Å². The molecular formula is C18H20F6N2. The van der Waals surface area contributed by atoms with Crippen LogP contribution < -0.4 is 11.5 Å². The third-order valence-corrected chi connectivity index (χ3v) is 3.45. The van der Waals surface area contributed by atoms with E-state index in [1.54, 1.807) is 13.0 Å². The van der Waals surface area contributed by atoms with Crippen LogP contribution in [0.3, 0.4) is 0 Å². The summed E-state index contributed by atoms with van der Waals surface area (Å²) < 4.78 is 72.8. The van der Waals surface area contributed by atoms with E-state index < -0.39 is 23.5 Å². The van der Waals surface area contributed by atoms with Crippen LogP contribution in [0.25, 0.3) is 0 Å². The lowest BCUT2D eigenvalue weighted by Gasteiger charge is -2.10. The second-order valence-corrected chi connectivity index (χ2v) is 5.65. The average molecular weight is 378 g/mol. The molecule has 1 unspecified atom stereocenters. The summed E-state index contributed by atoms with van der Waals surface area (Å²) in [5.74, 6) is 0. The number of hydrogen-bond donors (Lipinski definition) is 2. The lowest BCUT2D eigenvalue weighted by molar-refractivity contribution is -0.138. The Morgan fingerprint density at radius 3 is 1.81 bits per heavy atom. The van der Waals surface area contributed by atoms with E-state index in [2.05, 4.69) is 0 Å². The lowest BCUT2D eigenvalue weighted by atomic mass is 10.1. The van der Waals surface area contributed by atoms with Crippen molar-refractivity contribution in [2.75, 3.05) is 6.54 Å². The molecule has 0 aromatic heterocycles. The predicted octanol–water partition coefficient (Wildman–Crippen LogP) is 4.93. The first-order valence-electron chi connectivity index (χ1n) is 7.74. The van der Waals surface area contributed by atoms with Gasteiger partial charge in [0, 0.05) is 6.04 Å². The Kier molecular flexibility index (Phi) is 7.65. The van der Waals surface area contributed by atoms with Gasteiger partial charge < -0.3 is 11.5 Å². The molecule has 2 nitrogen and oxygen atoms in total. The summed E-state index contributed by atoms with van der Waals surface area (Å²) in [6, 6.07) is 9.74. The highest BCUT2D eigenvalue weighted by atomic mass is 19.4. The quantitative estimate of drug-likeness (QED) is 0.744. The molecule has 4 N–H and O–H groups in total. The van der Waals surface area contributed by atoms with Gasteiger partial charge in [-0.15, -0.1) is 0 Å². The van der Waals surface area contributed by atoms with Crippen LogP contribution in [0.4, 0.5) is 26.3 Å². The maximum atomic E-state index is 12.2. The highest BCUT2D eigenvalue weighted by Gasteiger charge is 2.30. The number of hydrogen-bond acceptors (Lipinski definition) is 2. The van der Waals surface area contributed by atoms with Crippen LogP contribution in [0.1, 0.15) is 35.2 Å². The molecule has 26 heavy (non-hydrogen) atoms. The SMILES string of the molecule is CC(N)c1cccc(C(F)(F)F)c1.NCCc1ccc(C(F)(F)F)cc1. The minimum absolute atomic E-state index is 0.373. The van der Waals surface area contributed by atoms with Crippen LogP contribution in [-0.2, 0) is 18.8 Å². The van der Waals surface area contributed by atoms with E-state index in [0.29, 0.717) is 18.5 Å². The molecule has 0 saturated heterocycles. The van der Waals surface area contributed by atoms with Gasteiger partial charge in [-0.3, -0.25) is 0 Å². The number of alkyl halides is 6. The molecule has 2 aromatic carbocycles. The topological polar surface area (TPSA) is 52.0 Å². The molecule has 2 rings (SSSR count). The maximum Gasteiger partial charge on any atom is 0.416 e. The summed E-state index contributed by atoms with van der Waals surface area (Å²) >= 11 is 0. The van der Waals surface area contributed by atoms with Crippen LogP contribution in [-0.4, -0.2) is 6.54 Å². The van der Waals surface area contributed by atoms with Crippen LogP contribution in [0.5, 0.6) is 0 Å². The zero-order valence-corrected chi connectivity index (χ0v) is 14.0. The fraction of sp³-hybridized carbons (Fsp3) is 0.333. The van der Waals surface area contributed by atoms with Crippen molar-refractivity contribution in [2.24, 2.45) is 11.5 Å². The minimum atomic E-state index is -4.29. The Bertz CT molecular complexity index is 675. The molecule has 0 heterocycles. The van der Waals surface area contributed by atoms with Crippen molar-refractivity contribution in [2.45, 2.75) is 31.7 Å². The number of nitrogens with two attached hydrogens (primary N) is 2. The monoisotopic (exact) mass is 378 g/mol. The van der Waals surface area contributed by atoms with Gasteiger partial charge in [0.15, 0.2) is 0 Å². The minimum Gasteiger partial charge on any atom is -0.330 e. The summed E-state index contributed by atoms with van der Waals surface area (Å²) in [5.41, 5.74) is 10.8.